The van der Waals surface area contributed by atoms with Crippen LogP contribution in [-0.4, -0.2) is 43.2 Å². The lowest BCUT2D eigenvalue weighted by Crippen LogP contribution is -2.55. The average molecular weight is 461 g/mol. The molecule has 1 heterocycles. The van der Waals surface area contributed by atoms with Crippen LogP contribution in [0.3, 0.4) is 0 Å². The fraction of sp³-hybridized carbons (Fsp3) is 0.407. The summed E-state index contributed by atoms with van der Waals surface area (Å²) >= 11 is 0. The Labute approximate surface area is 200 Å². The highest BCUT2D eigenvalue weighted by Gasteiger charge is 2.49. The van der Waals surface area contributed by atoms with Crippen molar-refractivity contribution in [3.63, 3.8) is 0 Å². The van der Waals surface area contributed by atoms with Crippen LogP contribution < -0.4 is 15.5 Å². The number of rotatable bonds is 6. The van der Waals surface area contributed by atoms with E-state index in [9.17, 15) is 14.4 Å². The van der Waals surface area contributed by atoms with Gasteiger partial charge < -0.3 is 15.5 Å². The molecule has 2 aromatic carbocycles. The number of nitrogens with zero attached hydrogens (tertiary/aromatic N) is 2. The Morgan fingerprint density at radius 3 is 2.35 bits per heavy atom. The fourth-order valence-corrected chi connectivity index (χ4v) is 4.71. The summed E-state index contributed by atoms with van der Waals surface area (Å²) in [5.41, 5.74) is 1.84. The minimum Gasteiger partial charge on any atom is -0.355 e. The Morgan fingerprint density at radius 1 is 1.03 bits per heavy atom. The highest BCUT2D eigenvalue weighted by Crippen LogP contribution is 2.39. The van der Waals surface area contributed by atoms with Crippen LogP contribution in [-0.2, 0) is 14.4 Å². The summed E-state index contributed by atoms with van der Waals surface area (Å²) in [7, 11) is 1.68. The number of carbonyl (C=O) groups excluding carboxylic acids is 3. The van der Waals surface area contributed by atoms with Crippen LogP contribution in [0.4, 0.5) is 5.69 Å². The first-order valence-electron chi connectivity index (χ1n) is 11.9. The van der Waals surface area contributed by atoms with E-state index in [1.807, 2.05) is 68.4 Å². The molecule has 2 aromatic rings. The van der Waals surface area contributed by atoms with Gasteiger partial charge in [0.25, 0.3) is 5.91 Å². The lowest BCUT2D eigenvalue weighted by Gasteiger charge is -2.29. The zero-order chi connectivity index (χ0) is 24.3. The summed E-state index contributed by atoms with van der Waals surface area (Å²) in [6.07, 6.45) is 1.40. The van der Waals surface area contributed by atoms with Gasteiger partial charge in [0.05, 0.1) is 11.4 Å². The number of carbonyl (C=O) groups is 3. The van der Waals surface area contributed by atoms with Gasteiger partial charge in [-0.15, -0.1) is 0 Å². The van der Waals surface area contributed by atoms with Crippen LogP contribution in [0.25, 0.3) is 0 Å². The summed E-state index contributed by atoms with van der Waals surface area (Å²) in [5.74, 6) is -0.761. The minimum atomic E-state index is -1.17. The van der Waals surface area contributed by atoms with Crippen LogP contribution >= 0.6 is 0 Å². The minimum absolute atomic E-state index is 0.263. The molecule has 7 nitrogen and oxygen atoms in total. The number of amides is 3. The van der Waals surface area contributed by atoms with Crippen molar-refractivity contribution in [1.29, 1.82) is 0 Å². The Hall–Kier alpha value is -3.48. The highest BCUT2D eigenvalue weighted by molar-refractivity contribution is 6.20. The third-order valence-corrected chi connectivity index (χ3v) is 6.66. The molecular weight excluding hydrogens is 428 g/mol. The number of benzodiazepines with no additional fused rings is 1. The van der Waals surface area contributed by atoms with E-state index in [-0.39, 0.29) is 17.7 Å². The zero-order valence-electron chi connectivity index (χ0n) is 20.0. The van der Waals surface area contributed by atoms with Gasteiger partial charge in [0.1, 0.15) is 5.41 Å². The van der Waals surface area contributed by atoms with Crippen molar-refractivity contribution >= 4 is 29.1 Å². The third kappa shape index (κ3) is 4.47. The molecule has 0 bridgehead atoms. The van der Waals surface area contributed by atoms with Crippen molar-refractivity contribution < 1.29 is 14.4 Å². The van der Waals surface area contributed by atoms with Crippen molar-refractivity contribution in [2.45, 2.75) is 45.7 Å². The van der Waals surface area contributed by atoms with E-state index in [2.05, 4.69) is 10.6 Å². The summed E-state index contributed by atoms with van der Waals surface area (Å²) in [5, 5.41) is 5.78. The number of anilines is 1. The van der Waals surface area contributed by atoms with Gasteiger partial charge in [-0.2, -0.15) is 0 Å². The van der Waals surface area contributed by atoms with Crippen molar-refractivity contribution in [3.8, 4) is 0 Å². The number of hydrogen-bond acceptors (Lipinski definition) is 4. The summed E-state index contributed by atoms with van der Waals surface area (Å²) in [4.78, 5) is 46.4. The molecule has 1 aliphatic heterocycles. The molecule has 7 heteroatoms. The molecule has 1 atom stereocenters. The van der Waals surface area contributed by atoms with E-state index in [0.717, 1.165) is 29.7 Å². The van der Waals surface area contributed by atoms with E-state index >= 15 is 0 Å². The predicted octanol–water partition coefficient (Wildman–Crippen LogP) is 3.28. The molecule has 0 unspecified atom stereocenters. The molecule has 1 aliphatic carbocycles. The number of fused-ring (bicyclic) bond motifs is 1. The maximum Gasteiger partial charge on any atom is 0.272 e. The number of hydrogen-bond donors (Lipinski definition) is 2. The van der Waals surface area contributed by atoms with Gasteiger partial charge in [-0.1, -0.05) is 75.2 Å². The molecule has 34 heavy (non-hydrogen) atoms. The summed E-state index contributed by atoms with van der Waals surface area (Å²) in [6, 6.07) is 17.2. The van der Waals surface area contributed by atoms with Gasteiger partial charge in [0.2, 0.25) is 18.0 Å². The van der Waals surface area contributed by atoms with Gasteiger partial charge in [-0.3, -0.25) is 14.4 Å². The maximum atomic E-state index is 13.6. The van der Waals surface area contributed by atoms with E-state index in [4.69, 9.17) is 4.99 Å². The van der Waals surface area contributed by atoms with Crippen LogP contribution in [0, 0.1) is 11.3 Å². The number of aliphatic imine (C=N–C) groups is 1. The first-order valence-corrected chi connectivity index (χ1v) is 11.9. The second kappa shape index (κ2) is 9.79. The molecule has 1 saturated carbocycles. The quantitative estimate of drug-likeness (QED) is 0.648. The fourth-order valence-electron chi connectivity index (χ4n) is 4.71. The van der Waals surface area contributed by atoms with Gasteiger partial charge in [-0.05, 0) is 24.8 Å². The molecule has 0 radical (unpaired) electrons. The molecule has 1 fully saturated rings. The van der Waals surface area contributed by atoms with Gasteiger partial charge in [0.15, 0.2) is 0 Å². The van der Waals surface area contributed by atoms with Crippen LogP contribution in [0.15, 0.2) is 59.6 Å². The standard InChI is InChI=1S/C27H32N4O3/c1-18(2)17-28-25(33)27(15-9-10-16-27)26(34)30-23-24(32)31(3)21-14-8-7-13-20(21)22(29-23)19-11-5-4-6-12-19/h4-8,11-14,18,23H,9-10,15-17H2,1-3H3,(H,28,33)(H,30,34)/t23-/m1/s1. The van der Waals surface area contributed by atoms with Crippen molar-refractivity contribution in [2.75, 3.05) is 18.5 Å². The summed E-state index contributed by atoms with van der Waals surface area (Å²) in [6.45, 7) is 4.53. The van der Waals surface area contributed by atoms with Crippen molar-refractivity contribution in [3.05, 3.63) is 65.7 Å². The van der Waals surface area contributed by atoms with E-state index in [1.54, 1.807) is 7.05 Å². The van der Waals surface area contributed by atoms with Gasteiger partial charge >= 0.3 is 0 Å². The molecule has 0 saturated heterocycles. The van der Waals surface area contributed by atoms with Crippen molar-refractivity contribution in [1.82, 2.24) is 10.6 Å². The molecule has 4 rings (SSSR count). The lowest BCUT2D eigenvalue weighted by molar-refractivity contribution is -0.144. The van der Waals surface area contributed by atoms with E-state index in [0.29, 0.717) is 25.1 Å². The first kappa shape index (κ1) is 23.7. The molecule has 178 valence electrons. The Bertz CT molecular complexity index is 1100. The predicted molar refractivity (Wildman–Crippen MR) is 133 cm³/mol. The Balaban J connectivity index is 1.70. The molecule has 2 N–H and O–H groups in total. The van der Waals surface area contributed by atoms with E-state index < -0.39 is 17.5 Å². The first-order chi connectivity index (χ1) is 16.3. The maximum absolute atomic E-state index is 13.6. The highest BCUT2D eigenvalue weighted by atomic mass is 16.2. The molecule has 2 aliphatic rings. The number of para-hydroxylation sites is 1. The van der Waals surface area contributed by atoms with Gasteiger partial charge in [0, 0.05) is 24.7 Å². The zero-order valence-corrected chi connectivity index (χ0v) is 20.0. The average Bonchev–Trinajstić information content (AvgIpc) is 3.33. The normalized spacial score (nSPS) is 19.3. The number of nitrogens with one attached hydrogen (secondary N) is 2. The van der Waals surface area contributed by atoms with Crippen molar-refractivity contribution in [2.24, 2.45) is 16.3 Å². The molecular formula is C27H32N4O3. The van der Waals surface area contributed by atoms with Crippen LogP contribution in [0.2, 0.25) is 0 Å². The number of benzene rings is 2. The van der Waals surface area contributed by atoms with E-state index in [1.165, 1.54) is 4.90 Å². The molecule has 0 aromatic heterocycles. The Kier molecular flexibility index (Phi) is 6.82. The van der Waals surface area contributed by atoms with Gasteiger partial charge in [-0.25, -0.2) is 4.99 Å². The molecule has 0 spiro atoms. The largest absolute Gasteiger partial charge is 0.355 e. The van der Waals surface area contributed by atoms with Crippen LogP contribution in [0.1, 0.15) is 50.7 Å². The second-order valence-corrected chi connectivity index (χ2v) is 9.53. The SMILES string of the molecule is CC(C)CNC(=O)C1(C(=O)N[C@H]2N=C(c3ccccc3)c3ccccc3N(C)C2=O)CCCC1. The summed E-state index contributed by atoms with van der Waals surface area (Å²) < 4.78 is 0. The second-order valence-electron chi connectivity index (χ2n) is 9.53. The topological polar surface area (TPSA) is 90.9 Å². The van der Waals surface area contributed by atoms with Crippen LogP contribution in [0.5, 0.6) is 0 Å². The lowest BCUT2D eigenvalue weighted by atomic mass is 9.83. The molecule has 3 amide bonds. The number of likely N-dealkylation sites (N-methyl/N-ethyl adjacent to an activating group) is 1. The smallest absolute Gasteiger partial charge is 0.272 e. The Morgan fingerprint density at radius 2 is 1.68 bits per heavy atom. The third-order valence-electron chi connectivity index (χ3n) is 6.66. The monoisotopic (exact) mass is 460 g/mol.